The highest BCUT2D eigenvalue weighted by molar-refractivity contribution is 9.10. The fourth-order valence-electron chi connectivity index (χ4n) is 2.11. The predicted molar refractivity (Wildman–Crippen MR) is 84.1 cm³/mol. The maximum Gasteiger partial charge on any atom is 0.145 e. The van der Waals surface area contributed by atoms with E-state index in [0.717, 1.165) is 10.0 Å². The standard InChI is InChI=1S/C15H15BrClFN2/c16-12-5-1-3-10(7-12)8-13(20-19)9-11-4-2-6-14(17)15(11)18/h1-7,13,20H,8-9,19H2. The summed E-state index contributed by atoms with van der Waals surface area (Å²) in [4.78, 5) is 0. The van der Waals surface area contributed by atoms with Gasteiger partial charge in [-0.1, -0.05) is 51.8 Å². The molecule has 20 heavy (non-hydrogen) atoms. The third kappa shape index (κ3) is 4.03. The Morgan fingerprint density at radius 2 is 1.95 bits per heavy atom. The fraction of sp³-hybridized carbons (Fsp3) is 0.200. The highest BCUT2D eigenvalue weighted by Crippen LogP contribution is 2.20. The molecular formula is C15H15BrClFN2. The van der Waals surface area contributed by atoms with Gasteiger partial charge < -0.3 is 0 Å². The van der Waals surface area contributed by atoms with Crippen LogP contribution in [0.1, 0.15) is 11.1 Å². The number of hydrazine groups is 1. The molecule has 0 amide bonds. The molecule has 2 rings (SSSR count). The van der Waals surface area contributed by atoms with Gasteiger partial charge >= 0.3 is 0 Å². The number of nitrogens with one attached hydrogen (secondary N) is 1. The van der Waals surface area contributed by atoms with E-state index in [9.17, 15) is 4.39 Å². The molecule has 5 heteroatoms. The quantitative estimate of drug-likeness (QED) is 0.630. The van der Waals surface area contributed by atoms with Crippen molar-refractivity contribution in [2.75, 3.05) is 0 Å². The number of hydrogen-bond acceptors (Lipinski definition) is 2. The van der Waals surface area contributed by atoms with Gasteiger partial charge in [0.05, 0.1) is 5.02 Å². The smallest absolute Gasteiger partial charge is 0.145 e. The maximum atomic E-state index is 13.9. The lowest BCUT2D eigenvalue weighted by molar-refractivity contribution is 0.506. The molecule has 0 radical (unpaired) electrons. The third-order valence-corrected chi connectivity index (χ3v) is 3.89. The summed E-state index contributed by atoms with van der Waals surface area (Å²) in [6.07, 6.45) is 1.19. The summed E-state index contributed by atoms with van der Waals surface area (Å²) in [6.45, 7) is 0. The lowest BCUT2D eigenvalue weighted by Gasteiger charge is -2.17. The van der Waals surface area contributed by atoms with Gasteiger partial charge in [0, 0.05) is 10.5 Å². The molecule has 0 heterocycles. The number of halogens is 3. The van der Waals surface area contributed by atoms with Crippen LogP contribution in [0.3, 0.4) is 0 Å². The van der Waals surface area contributed by atoms with Crippen LogP contribution in [0.15, 0.2) is 46.9 Å². The number of rotatable bonds is 5. The summed E-state index contributed by atoms with van der Waals surface area (Å²) >= 11 is 9.22. The summed E-state index contributed by atoms with van der Waals surface area (Å²) in [5.41, 5.74) is 4.43. The average Bonchev–Trinajstić information content (AvgIpc) is 2.43. The molecule has 0 aromatic heterocycles. The second-order valence-electron chi connectivity index (χ2n) is 4.61. The first-order valence-electron chi connectivity index (χ1n) is 6.23. The molecule has 2 aromatic carbocycles. The fourth-order valence-corrected chi connectivity index (χ4v) is 2.75. The normalized spacial score (nSPS) is 12.4. The van der Waals surface area contributed by atoms with Crippen LogP contribution in [0.5, 0.6) is 0 Å². The Bertz CT molecular complexity index is 592. The van der Waals surface area contributed by atoms with Gasteiger partial charge in [0.25, 0.3) is 0 Å². The average molecular weight is 358 g/mol. The van der Waals surface area contributed by atoms with Crippen molar-refractivity contribution < 1.29 is 4.39 Å². The number of nitrogens with two attached hydrogens (primary N) is 1. The van der Waals surface area contributed by atoms with Crippen molar-refractivity contribution in [1.82, 2.24) is 5.43 Å². The first kappa shape index (κ1) is 15.4. The lowest BCUT2D eigenvalue weighted by atomic mass is 9.99. The molecule has 1 atom stereocenters. The van der Waals surface area contributed by atoms with Gasteiger partial charge in [-0.25, -0.2) is 4.39 Å². The monoisotopic (exact) mass is 356 g/mol. The summed E-state index contributed by atoms with van der Waals surface area (Å²) in [7, 11) is 0. The maximum absolute atomic E-state index is 13.9. The minimum atomic E-state index is -0.372. The third-order valence-electron chi connectivity index (χ3n) is 3.10. The van der Waals surface area contributed by atoms with E-state index in [0.29, 0.717) is 18.4 Å². The van der Waals surface area contributed by atoms with Crippen LogP contribution >= 0.6 is 27.5 Å². The zero-order valence-corrected chi connectivity index (χ0v) is 13.1. The summed E-state index contributed by atoms with van der Waals surface area (Å²) in [5, 5.41) is 0.140. The van der Waals surface area contributed by atoms with E-state index in [-0.39, 0.29) is 16.9 Å². The zero-order valence-electron chi connectivity index (χ0n) is 10.7. The Balaban J connectivity index is 2.11. The minimum absolute atomic E-state index is 0.0581. The van der Waals surface area contributed by atoms with Crippen molar-refractivity contribution in [1.29, 1.82) is 0 Å². The molecule has 106 valence electrons. The largest absolute Gasteiger partial charge is 0.271 e. The molecule has 3 N–H and O–H groups in total. The molecule has 2 nitrogen and oxygen atoms in total. The zero-order chi connectivity index (χ0) is 14.5. The summed E-state index contributed by atoms with van der Waals surface area (Å²) in [6, 6.07) is 12.9. The van der Waals surface area contributed by atoms with E-state index in [2.05, 4.69) is 21.4 Å². The second kappa shape index (κ2) is 7.18. The first-order chi connectivity index (χ1) is 9.60. The van der Waals surface area contributed by atoms with Gasteiger partial charge in [0.1, 0.15) is 5.82 Å². The van der Waals surface area contributed by atoms with E-state index in [1.54, 1.807) is 18.2 Å². The Morgan fingerprint density at radius 3 is 2.65 bits per heavy atom. The molecule has 0 aliphatic heterocycles. The van der Waals surface area contributed by atoms with Crippen molar-refractivity contribution in [3.05, 3.63) is 68.9 Å². The Kier molecular flexibility index (Phi) is 5.54. The predicted octanol–water partition coefficient (Wildman–Crippen LogP) is 3.86. The van der Waals surface area contributed by atoms with Crippen LogP contribution in [0.2, 0.25) is 5.02 Å². The van der Waals surface area contributed by atoms with Crippen LogP contribution in [-0.4, -0.2) is 6.04 Å². The first-order valence-corrected chi connectivity index (χ1v) is 7.40. The van der Waals surface area contributed by atoms with Crippen LogP contribution in [0.25, 0.3) is 0 Å². The second-order valence-corrected chi connectivity index (χ2v) is 5.94. The molecule has 0 spiro atoms. The highest BCUT2D eigenvalue weighted by Gasteiger charge is 2.13. The van der Waals surface area contributed by atoms with Gasteiger partial charge in [-0.3, -0.25) is 11.3 Å². The molecule has 0 bridgehead atoms. The molecule has 1 unspecified atom stereocenters. The van der Waals surface area contributed by atoms with Crippen LogP contribution in [0, 0.1) is 5.82 Å². The van der Waals surface area contributed by atoms with Crippen LogP contribution in [0.4, 0.5) is 4.39 Å². The van der Waals surface area contributed by atoms with Gasteiger partial charge in [-0.15, -0.1) is 0 Å². The Hall–Kier alpha value is -0.940. The Morgan fingerprint density at radius 1 is 1.20 bits per heavy atom. The van der Waals surface area contributed by atoms with Crippen LogP contribution < -0.4 is 11.3 Å². The molecule has 0 saturated carbocycles. The minimum Gasteiger partial charge on any atom is -0.271 e. The van der Waals surface area contributed by atoms with Crippen molar-refractivity contribution in [3.8, 4) is 0 Å². The molecule has 2 aromatic rings. The van der Waals surface area contributed by atoms with E-state index in [1.807, 2.05) is 24.3 Å². The molecule has 0 saturated heterocycles. The molecule has 0 aliphatic rings. The van der Waals surface area contributed by atoms with Crippen molar-refractivity contribution in [3.63, 3.8) is 0 Å². The van der Waals surface area contributed by atoms with E-state index in [1.165, 1.54) is 0 Å². The van der Waals surface area contributed by atoms with Gasteiger partial charge in [0.15, 0.2) is 0 Å². The topological polar surface area (TPSA) is 38.0 Å². The van der Waals surface area contributed by atoms with E-state index >= 15 is 0 Å². The van der Waals surface area contributed by atoms with Gasteiger partial charge in [-0.05, 0) is 42.2 Å². The van der Waals surface area contributed by atoms with E-state index in [4.69, 9.17) is 17.4 Å². The van der Waals surface area contributed by atoms with E-state index < -0.39 is 0 Å². The highest BCUT2D eigenvalue weighted by atomic mass is 79.9. The number of benzene rings is 2. The SMILES string of the molecule is NNC(Cc1cccc(Br)c1)Cc1cccc(Cl)c1F. The van der Waals surface area contributed by atoms with Crippen LogP contribution in [-0.2, 0) is 12.8 Å². The molecule has 0 aliphatic carbocycles. The summed E-state index contributed by atoms with van der Waals surface area (Å²) < 4.78 is 14.9. The van der Waals surface area contributed by atoms with Crippen molar-refractivity contribution >= 4 is 27.5 Å². The van der Waals surface area contributed by atoms with Crippen molar-refractivity contribution in [2.45, 2.75) is 18.9 Å². The molecule has 0 fully saturated rings. The Labute approximate surface area is 131 Å². The number of hydrogen-bond donors (Lipinski definition) is 2. The van der Waals surface area contributed by atoms with Gasteiger partial charge in [0.2, 0.25) is 0 Å². The summed E-state index contributed by atoms with van der Waals surface area (Å²) in [5.74, 6) is 5.21. The van der Waals surface area contributed by atoms with Crippen molar-refractivity contribution in [2.24, 2.45) is 5.84 Å². The lowest BCUT2D eigenvalue weighted by Crippen LogP contribution is -2.38. The molecular weight excluding hydrogens is 343 g/mol. The van der Waals surface area contributed by atoms with Gasteiger partial charge in [-0.2, -0.15) is 0 Å².